The SMILES string of the molecule is O=C([O-])CCCC(=O)N1CC[NH+](C2CCCCC2)CC1. The van der Waals surface area contributed by atoms with E-state index in [-0.39, 0.29) is 12.3 Å². The number of nitrogens with one attached hydrogen (secondary N) is 1. The third-order valence-corrected chi connectivity index (χ3v) is 4.71. The van der Waals surface area contributed by atoms with Crippen molar-refractivity contribution in [2.45, 2.75) is 57.4 Å². The largest absolute Gasteiger partial charge is 0.550 e. The fourth-order valence-corrected chi connectivity index (χ4v) is 3.50. The first-order valence-corrected chi connectivity index (χ1v) is 7.99. The van der Waals surface area contributed by atoms with Crippen molar-refractivity contribution in [1.29, 1.82) is 0 Å². The van der Waals surface area contributed by atoms with Gasteiger partial charge in [-0.2, -0.15) is 0 Å². The monoisotopic (exact) mass is 282 g/mol. The molecule has 0 atom stereocenters. The Bertz CT molecular complexity index is 332. The topological polar surface area (TPSA) is 64.9 Å². The van der Waals surface area contributed by atoms with Gasteiger partial charge in [-0.15, -0.1) is 0 Å². The molecule has 0 bridgehead atoms. The minimum atomic E-state index is -1.07. The van der Waals surface area contributed by atoms with Crippen molar-refractivity contribution in [1.82, 2.24) is 4.90 Å². The van der Waals surface area contributed by atoms with E-state index >= 15 is 0 Å². The number of hydrogen-bond acceptors (Lipinski definition) is 3. The summed E-state index contributed by atoms with van der Waals surface area (Å²) in [5.41, 5.74) is 0. The van der Waals surface area contributed by atoms with Crippen molar-refractivity contribution >= 4 is 11.9 Å². The van der Waals surface area contributed by atoms with Gasteiger partial charge < -0.3 is 19.7 Å². The number of nitrogens with zero attached hydrogens (tertiary/aromatic N) is 1. The Morgan fingerprint density at radius 3 is 2.30 bits per heavy atom. The lowest BCUT2D eigenvalue weighted by Crippen LogP contribution is -3.18. The molecule has 2 aliphatic rings. The molecule has 0 aromatic carbocycles. The molecule has 20 heavy (non-hydrogen) atoms. The summed E-state index contributed by atoms with van der Waals surface area (Å²) in [5, 5.41) is 10.3. The highest BCUT2D eigenvalue weighted by atomic mass is 16.4. The van der Waals surface area contributed by atoms with Crippen LogP contribution in [0.1, 0.15) is 51.4 Å². The third kappa shape index (κ3) is 4.47. The molecule has 1 aliphatic carbocycles. The van der Waals surface area contributed by atoms with Crippen molar-refractivity contribution in [2.24, 2.45) is 0 Å². The van der Waals surface area contributed by atoms with E-state index in [1.165, 1.54) is 32.1 Å². The van der Waals surface area contributed by atoms with Crippen LogP contribution in [0.5, 0.6) is 0 Å². The second-order valence-corrected chi connectivity index (χ2v) is 6.10. The predicted molar refractivity (Wildman–Crippen MR) is 73.0 cm³/mol. The van der Waals surface area contributed by atoms with Gasteiger partial charge in [0.15, 0.2) is 0 Å². The second kappa shape index (κ2) is 7.62. The Labute approximate surface area is 120 Å². The predicted octanol–water partition coefficient (Wildman–Crippen LogP) is -1.03. The molecule has 1 amide bonds. The molecule has 2 rings (SSSR count). The number of carbonyl (C=O) groups is 2. The first-order chi connectivity index (χ1) is 9.66. The van der Waals surface area contributed by atoms with Crippen molar-refractivity contribution in [3.63, 3.8) is 0 Å². The highest BCUT2D eigenvalue weighted by molar-refractivity contribution is 5.76. The normalized spacial score (nSPS) is 21.9. The number of hydrogen-bond donors (Lipinski definition) is 1. The minimum Gasteiger partial charge on any atom is -0.550 e. The number of carboxylic acids is 1. The summed E-state index contributed by atoms with van der Waals surface area (Å²) in [5.74, 6) is -0.960. The van der Waals surface area contributed by atoms with E-state index in [1.807, 2.05) is 4.90 Å². The smallest absolute Gasteiger partial charge is 0.222 e. The molecular formula is C15H26N2O3. The number of quaternary nitrogens is 1. The summed E-state index contributed by atoms with van der Waals surface area (Å²) in [7, 11) is 0. The molecule has 0 unspecified atom stereocenters. The Hall–Kier alpha value is -1.10. The van der Waals surface area contributed by atoms with Gasteiger partial charge in [0, 0.05) is 12.4 Å². The van der Waals surface area contributed by atoms with Crippen LogP contribution in [0.3, 0.4) is 0 Å². The molecule has 0 aromatic heterocycles. The zero-order chi connectivity index (χ0) is 14.4. The van der Waals surface area contributed by atoms with Gasteiger partial charge in [0.2, 0.25) is 5.91 Å². The Kier molecular flexibility index (Phi) is 5.83. The van der Waals surface area contributed by atoms with Crippen LogP contribution in [-0.4, -0.2) is 49.0 Å². The number of carbonyl (C=O) groups excluding carboxylic acids is 2. The van der Waals surface area contributed by atoms with Crippen LogP contribution in [0.15, 0.2) is 0 Å². The molecule has 2 fully saturated rings. The van der Waals surface area contributed by atoms with Crippen molar-refractivity contribution in [3.05, 3.63) is 0 Å². The highest BCUT2D eigenvalue weighted by Crippen LogP contribution is 2.15. The maximum Gasteiger partial charge on any atom is 0.222 e. The van der Waals surface area contributed by atoms with Crippen LogP contribution in [-0.2, 0) is 9.59 Å². The lowest BCUT2D eigenvalue weighted by molar-refractivity contribution is -0.930. The molecule has 0 aromatic rings. The quantitative estimate of drug-likeness (QED) is 0.701. The first-order valence-electron chi connectivity index (χ1n) is 7.99. The summed E-state index contributed by atoms with van der Waals surface area (Å²) in [6.45, 7) is 3.76. The Morgan fingerprint density at radius 2 is 1.70 bits per heavy atom. The van der Waals surface area contributed by atoms with Gasteiger partial charge >= 0.3 is 0 Å². The van der Waals surface area contributed by atoms with Crippen molar-refractivity contribution < 1.29 is 19.6 Å². The third-order valence-electron chi connectivity index (χ3n) is 4.71. The Balaban J connectivity index is 1.67. The highest BCUT2D eigenvalue weighted by Gasteiger charge is 2.29. The molecular weight excluding hydrogens is 256 g/mol. The number of amides is 1. The zero-order valence-corrected chi connectivity index (χ0v) is 12.2. The maximum atomic E-state index is 12.0. The summed E-state index contributed by atoms with van der Waals surface area (Å²) >= 11 is 0. The van der Waals surface area contributed by atoms with Crippen LogP contribution in [0, 0.1) is 0 Å². The van der Waals surface area contributed by atoms with Crippen molar-refractivity contribution in [2.75, 3.05) is 26.2 Å². The van der Waals surface area contributed by atoms with E-state index in [9.17, 15) is 14.7 Å². The van der Waals surface area contributed by atoms with Crippen LogP contribution >= 0.6 is 0 Å². The molecule has 5 heteroatoms. The molecule has 1 heterocycles. The van der Waals surface area contributed by atoms with Crippen molar-refractivity contribution in [3.8, 4) is 0 Å². The summed E-state index contributed by atoms with van der Waals surface area (Å²) in [4.78, 5) is 25.9. The minimum absolute atomic E-state index is 0.0149. The van der Waals surface area contributed by atoms with E-state index in [2.05, 4.69) is 0 Å². The summed E-state index contributed by atoms with van der Waals surface area (Å²) < 4.78 is 0. The van der Waals surface area contributed by atoms with Gasteiger partial charge in [0.25, 0.3) is 0 Å². The van der Waals surface area contributed by atoms with E-state index in [1.54, 1.807) is 4.90 Å². The maximum absolute atomic E-state index is 12.0. The summed E-state index contributed by atoms with van der Waals surface area (Å²) in [6, 6.07) is 0.805. The van der Waals surface area contributed by atoms with Crippen LogP contribution in [0.2, 0.25) is 0 Å². The number of carboxylic acid groups (broad SMARTS) is 1. The fraction of sp³-hybridized carbons (Fsp3) is 0.867. The summed E-state index contributed by atoms with van der Waals surface area (Å²) in [6.07, 6.45) is 7.51. The van der Waals surface area contributed by atoms with E-state index in [0.29, 0.717) is 12.8 Å². The standard InChI is InChI=1S/C15H26N2O3/c18-14(7-4-8-15(19)20)17-11-9-16(10-12-17)13-5-2-1-3-6-13/h13H,1-12H2,(H,19,20). The first kappa shape index (κ1) is 15.3. The van der Waals surface area contributed by atoms with Crippen LogP contribution in [0.4, 0.5) is 0 Å². The number of piperazine rings is 1. The average Bonchev–Trinajstić information content (AvgIpc) is 2.48. The van der Waals surface area contributed by atoms with Crippen LogP contribution < -0.4 is 10.0 Å². The van der Waals surface area contributed by atoms with Gasteiger partial charge in [0.1, 0.15) is 0 Å². The molecule has 1 saturated heterocycles. The van der Waals surface area contributed by atoms with Gasteiger partial charge in [-0.25, -0.2) is 0 Å². The molecule has 0 radical (unpaired) electrons. The fourth-order valence-electron chi connectivity index (χ4n) is 3.50. The van der Waals surface area contributed by atoms with Gasteiger partial charge in [0.05, 0.1) is 32.2 Å². The van der Waals surface area contributed by atoms with Gasteiger partial charge in [-0.05, 0) is 38.5 Å². The number of rotatable bonds is 5. The molecule has 114 valence electrons. The van der Waals surface area contributed by atoms with Crippen LogP contribution in [0.25, 0.3) is 0 Å². The second-order valence-electron chi connectivity index (χ2n) is 6.10. The van der Waals surface area contributed by atoms with Gasteiger partial charge in [-0.1, -0.05) is 6.42 Å². The van der Waals surface area contributed by atoms with E-state index < -0.39 is 5.97 Å². The molecule has 0 spiro atoms. The van der Waals surface area contributed by atoms with E-state index in [4.69, 9.17) is 0 Å². The van der Waals surface area contributed by atoms with Gasteiger partial charge in [-0.3, -0.25) is 4.79 Å². The lowest BCUT2D eigenvalue weighted by Gasteiger charge is -2.38. The molecule has 1 saturated carbocycles. The number of aliphatic carboxylic acids is 1. The molecule has 1 N–H and O–H groups in total. The zero-order valence-electron chi connectivity index (χ0n) is 12.2. The lowest BCUT2D eigenvalue weighted by atomic mass is 9.94. The molecule has 5 nitrogen and oxygen atoms in total. The molecule has 1 aliphatic heterocycles. The van der Waals surface area contributed by atoms with E-state index in [0.717, 1.165) is 32.2 Å². The average molecular weight is 282 g/mol. The Morgan fingerprint density at radius 1 is 1.05 bits per heavy atom.